The number of rotatable bonds is 6. The molecule has 1 fully saturated rings. The van der Waals surface area contributed by atoms with E-state index in [1.54, 1.807) is 12.3 Å². The number of hydrogen-bond donors (Lipinski definition) is 1. The van der Waals surface area contributed by atoms with Gasteiger partial charge in [0.2, 0.25) is 0 Å². The molecule has 156 valence electrons. The molecule has 9 heteroatoms. The molecule has 1 aliphatic carbocycles. The maximum Gasteiger partial charge on any atom is 0.341 e. The number of fused-ring (bicyclic) bond motifs is 1. The number of carbonyl (C=O) groups is 2. The van der Waals surface area contributed by atoms with Gasteiger partial charge < -0.3 is 14.8 Å². The van der Waals surface area contributed by atoms with Gasteiger partial charge in [-0.2, -0.15) is 0 Å². The van der Waals surface area contributed by atoms with Crippen molar-refractivity contribution in [2.75, 3.05) is 38.2 Å². The maximum absolute atomic E-state index is 12.8. The van der Waals surface area contributed by atoms with Crippen LogP contribution >= 0.6 is 22.7 Å². The Hall–Kier alpha value is -1.81. The number of anilines is 1. The average Bonchev–Trinajstić information content (AvgIpc) is 3.33. The average molecular weight is 436 g/mol. The van der Waals surface area contributed by atoms with Crippen LogP contribution in [0.1, 0.15) is 56.1 Å². The highest BCUT2D eigenvalue weighted by molar-refractivity contribution is 7.17. The molecule has 0 aromatic carbocycles. The van der Waals surface area contributed by atoms with Crippen LogP contribution in [0.15, 0.2) is 5.38 Å². The molecule has 2 aliphatic rings. The van der Waals surface area contributed by atoms with E-state index in [-0.39, 0.29) is 11.9 Å². The van der Waals surface area contributed by atoms with E-state index in [1.165, 1.54) is 27.6 Å². The predicted octanol–water partition coefficient (Wildman–Crippen LogP) is 3.34. The van der Waals surface area contributed by atoms with Crippen LogP contribution in [0.2, 0.25) is 0 Å². The van der Waals surface area contributed by atoms with Crippen LogP contribution < -0.4 is 5.32 Å². The number of ether oxygens (including phenoxy) is 2. The van der Waals surface area contributed by atoms with E-state index in [9.17, 15) is 9.59 Å². The van der Waals surface area contributed by atoms with E-state index in [2.05, 4.69) is 15.2 Å². The minimum absolute atomic E-state index is 0.279. The molecule has 0 radical (unpaired) electrons. The van der Waals surface area contributed by atoms with Gasteiger partial charge in [0.1, 0.15) is 15.7 Å². The lowest BCUT2D eigenvalue weighted by atomic mass is 9.95. The summed E-state index contributed by atoms with van der Waals surface area (Å²) in [5.74, 6) is -0.632. The van der Waals surface area contributed by atoms with Gasteiger partial charge in [0.05, 0.1) is 31.9 Å². The smallest absolute Gasteiger partial charge is 0.341 e. The molecule has 4 rings (SSSR count). The highest BCUT2D eigenvalue weighted by Crippen LogP contribution is 2.38. The Labute approximate surface area is 178 Å². The van der Waals surface area contributed by atoms with Crippen LogP contribution in [0.25, 0.3) is 0 Å². The zero-order valence-corrected chi connectivity index (χ0v) is 18.1. The highest BCUT2D eigenvalue weighted by Gasteiger charge is 2.28. The van der Waals surface area contributed by atoms with Crippen LogP contribution in [-0.4, -0.2) is 54.7 Å². The van der Waals surface area contributed by atoms with Gasteiger partial charge in [-0.05, 0) is 38.2 Å². The zero-order valence-electron chi connectivity index (χ0n) is 16.5. The monoisotopic (exact) mass is 435 g/mol. The van der Waals surface area contributed by atoms with Crippen molar-refractivity contribution in [3.8, 4) is 0 Å². The van der Waals surface area contributed by atoms with Crippen LogP contribution in [0.3, 0.4) is 0 Å². The van der Waals surface area contributed by atoms with Crippen molar-refractivity contribution in [3.05, 3.63) is 32.1 Å². The number of amides is 1. The van der Waals surface area contributed by atoms with Gasteiger partial charge in [-0.1, -0.05) is 0 Å². The third-order valence-electron chi connectivity index (χ3n) is 5.12. The van der Waals surface area contributed by atoms with E-state index in [0.717, 1.165) is 69.1 Å². The summed E-state index contributed by atoms with van der Waals surface area (Å²) < 4.78 is 10.6. The van der Waals surface area contributed by atoms with Gasteiger partial charge in [-0.15, -0.1) is 22.7 Å². The van der Waals surface area contributed by atoms with Gasteiger partial charge in [0.25, 0.3) is 5.91 Å². The topological polar surface area (TPSA) is 80.8 Å². The van der Waals surface area contributed by atoms with E-state index in [0.29, 0.717) is 22.9 Å². The van der Waals surface area contributed by atoms with Crippen molar-refractivity contribution in [2.45, 2.75) is 39.2 Å². The molecule has 2 aromatic heterocycles. The van der Waals surface area contributed by atoms with Crippen LogP contribution in [0.5, 0.6) is 0 Å². The molecule has 0 atom stereocenters. The number of thiazole rings is 1. The lowest BCUT2D eigenvalue weighted by Crippen LogP contribution is -2.35. The van der Waals surface area contributed by atoms with Gasteiger partial charge in [-0.25, -0.2) is 9.78 Å². The third-order valence-corrected chi connectivity index (χ3v) is 7.17. The zero-order chi connectivity index (χ0) is 20.2. The molecule has 2 aromatic rings. The number of carbonyl (C=O) groups excluding carboxylic acids is 2. The van der Waals surface area contributed by atoms with Crippen molar-refractivity contribution < 1.29 is 19.1 Å². The molecule has 7 nitrogen and oxygen atoms in total. The molecule has 1 N–H and O–H groups in total. The SMILES string of the molecule is CCOC(=O)c1c(NC(=O)c2csc(CN3CCOCC3)n2)sc2c1CCCC2. The summed E-state index contributed by atoms with van der Waals surface area (Å²) in [6, 6.07) is 0. The number of aromatic nitrogens is 1. The number of thiophene rings is 1. The number of esters is 1. The summed E-state index contributed by atoms with van der Waals surface area (Å²) in [6.07, 6.45) is 3.97. The van der Waals surface area contributed by atoms with Crippen molar-refractivity contribution in [1.82, 2.24) is 9.88 Å². The van der Waals surface area contributed by atoms with E-state index >= 15 is 0 Å². The predicted molar refractivity (Wildman–Crippen MR) is 113 cm³/mol. The normalized spacial score (nSPS) is 17.0. The Kier molecular flexibility index (Phi) is 6.59. The Morgan fingerprint density at radius 2 is 2.07 bits per heavy atom. The molecule has 1 saturated heterocycles. The van der Waals surface area contributed by atoms with E-state index < -0.39 is 0 Å². The fourth-order valence-corrected chi connectivity index (χ4v) is 5.77. The molecule has 3 heterocycles. The molecule has 1 aliphatic heterocycles. The summed E-state index contributed by atoms with van der Waals surface area (Å²) in [5.41, 5.74) is 1.96. The lowest BCUT2D eigenvalue weighted by molar-refractivity contribution is 0.0341. The molecular formula is C20H25N3O4S2. The Bertz CT molecular complexity index is 886. The highest BCUT2D eigenvalue weighted by atomic mass is 32.1. The lowest BCUT2D eigenvalue weighted by Gasteiger charge is -2.25. The summed E-state index contributed by atoms with van der Waals surface area (Å²) in [7, 11) is 0. The molecule has 0 unspecified atom stereocenters. The minimum atomic E-state index is -0.353. The van der Waals surface area contributed by atoms with Crippen molar-refractivity contribution >= 4 is 39.6 Å². The van der Waals surface area contributed by atoms with Crippen molar-refractivity contribution in [3.63, 3.8) is 0 Å². The number of morpholine rings is 1. The molecule has 0 saturated carbocycles. The maximum atomic E-state index is 12.8. The fourth-order valence-electron chi connectivity index (χ4n) is 3.68. The van der Waals surface area contributed by atoms with Crippen LogP contribution in [-0.2, 0) is 28.9 Å². The molecule has 29 heavy (non-hydrogen) atoms. The first-order chi connectivity index (χ1) is 14.2. The summed E-state index contributed by atoms with van der Waals surface area (Å²) in [5, 5.41) is 6.21. The van der Waals surface area contributed by atoms with Crippen LogP contribution in [0, 0.1) is 0 Å². The molecule has 0 bridgehead atoms. The van der Waals surface area contributed by atoms with Gasteiger partial charge in [0, 0.05) is 23.3 Å². The largest absolute Gasteiger partial charge is 0.462 e. The number of nitrogens with one attached hydrogen (secondary N) is 1. The number of aryl methyl sites for hydroxylation is 1. The first-order valence-corrected chi connectivity index (χ1v) is 11.7. The summed E-state index contributed by atoms with van der Waals surface area (Å²) in [6.45, 7) is 6.06. The minimum Gasteiger partial charge on any atom is -0.462 e. The third kappa shape index (κ3) is 4.69. The molecule has 1 amide bonds. The fraction of sp³-hybridized carbons (Fsp3) is 0.550. The Morgan fingerprint density at radius 1 is 1.28 bits per heavy atom. The Morgan fingerprint density at radius 3 is 2.86 bits per heavy atom. The second-order valence-electron chi connectivity index (χ2n) is 7.10. The van der Waals surface area contributed by atoms with E-state index in [4.69, 9.17) is 9.47 Å². The van der Waals surface area contributed by atoms with Gasteiger partial charge >= 0.3 is 5.97 Å². The quantitative estimate of drug-likeness (QED) is 0.701. The van der Waals surface area contributed by atoms with Crippen molar-refractivity contribution in [1.29, 1.82) is 0 Å². The van der Waals surface area contributed by atoms with Crippen molar-refractivity contribution in [2.24, 2.45) is 0 Å². The number of hydrogen-bond acceptors (Lipinski definition) is 8. The molecular weight excluding hydrogens is 410 g/mol. The summed E-state index contributed by atoms with van der Waals surface area (Å²) in [4.78, 5) is 33.3. The second kappa shape index (κ2) is 9.34. The summed E-state index contributed by atoms with van der Waals surface area (Å²) >= 11 is 2.98. The Balaban J connectivity index is 1.49. The van der Waals surface area contributed by atoms with Gasteiger partial charge in [0.15, 0.2) is 0 Å². The second-order valence-corrected chi connectivity index (χ2v) is 9.15. The first kappa shape index (κ1) is 20.5. The standard InChI is InChI=1S/C20H25N3O4S2/c1-2-27-20(25)17-13-5-3-4-6-15(13)29-19(17)22-18(24)14-12-28-16(21-14)11-23-7-9-26-10-8-23/h12H,2-11H2,1H3,(H,22,24). The molecule has 0 spiro atoms. The first-order valence-electron chi connectivity index (χ1n) is 10.0. The van der Waals surface area contributed by atoms with Gasteiger partial charge in [-0.3, -0.25) is 9.69 Å². The van der Waals surface area contributed by atoms with E-state index in [1.807, 2.05) is 0 Å². The van der Waals surface area contributed by atoms with Crippen LogP contribution in [0.4, 0.5) is 5.00 Å². The number of nitrogens with zero attached hydrogens (tertiary/aromatic N) is 2.